The fourth-order valence-corrected chi connectivity index (χ4v) is 3.13. The highest BCUT2D eigenvalue weighted by atomic mass is 79.9. The van der Waals surface area contributed by atoms with Crippen LogP contribution < -0.4 is 5.73 Å². The second-order valence-electron chi connectivity index (χ2n) is 5.61. The fourth-order valence-electron chi connectivity index (χ4n) is 2.58. The van der Waals surface area contributed by atoms with Gasteiger partial charge < -0.3 is 5.73 Å². The van der Waals surface area contributed by atoms with Crippen molar-refractivity contribution < 1.29 is 0 Å². The van der Waals surface area contributed by atoms with E-state index in [9.17, 15) is 0 Å². The number of nitrogens with two attached hydrogens (primary N) is 1. The summed E-state index contributed by atoms with van der Waals surface area (Å²) >= 11 is 3.66. The van der Waals surface area contributed by atoms with E-state index in [1.165, 1.54) is 35.1 Å². The van der Waals surface area contributed by atoms with E-state index in [1.54, 1.807) is 0 Å². The number of benzene rings is 1. The van der Waals surface area contributed by atoms with E-state index in [2.05, 4.69) is 52.9 Å². The lowest BCUT2D eigenvalue weighted by molar-refractivity contribution is 0.132. The molecular formula is C15H23BrN2. The molecule has 1 saturated heterocycles. The van der Waals surface area contributed by atoms with Crippen molar-refractivity contribution in [3.8, 4) is 0 Å². The molecule has 2 N–H and O–H groups in total. The number of piperidine rings is 1. The van der Waals surface area contributed by atoms with Crippen molar-refractivity contribution >= 4 is 15.9 Å². The molecule has 0 spiro atoms. The fraction of sp³-hybridized carbons (Fsp3) is 0.600. The predicted molar refractivity (Wildman–Crippen MR) is 80.3 cm³/mol. The summed E-state index contributed by atoms with van der Waals surface area (Å²) in [5, 5.41) is 0. The molecule has 2 nitrogen and oxygen atoms in total. The Morgan fingerprint density at radius 1 is 1.33 bits per heavy atom. The minimum Gasteiger partial charge on any atom is -0.326 e. The topological polar surface area (TPSA) is 29.3 Å². The van der Waals surface area contributed by atoms with Crippen LogP contribution in [0.25, 0.3) is 0 Å². The molecular weight excluding hydrogens is 288 g/mol. The summed E-state index contributed by atoms with van der Waals surface area (Å²) in [7, 11) is 0. The molecule has 0 radical (unpaired) electrons. The van der Waals surface area contributed by atoms with Crippen LogP contribution in [0, 0.1) is 11.8 Å². The summed E-state index contributed by atoms with van der Waals surface area (Å²) in [5.41, 5.74) is 8.21. The van der Waals surface area contributed by atoms with Gasteiger partial charge in [-0.05, 0) is 42.0 Å². The van der Waals surface area contributed by atoms with Crippen LogP contribution in [-0.4, -0.2) is 18.0 Å². The molecule has 1 aliphatic rings. The van der Waals surface area contributed by atoms with E-state index in [1.807, 2.05) is 0 Å². The van der Waals surface area contributed by atoms with Crippen LogP contribution in [0.5, 0.6) is 0 Å². The predicted octanol–water partition coefficient (Wildman–Crippen LogP) is 3.39. The number of rotatable bonds is 3. The molecule has 0 saturated carbocycles. The van der Waals surface area contributed by atoms with Crippen molar-refractivity contribution in [3.63, 3.8) is 0 Å². The van der Waals surface area contributed by atoms with Crippen molar-refractivity contribution in [3.05, 3.63) is 33.8 Å². The zero-order chi connectivity index (χ0) is 13.1. The quantitative estimate of drug-likeness (QED) is 0.927. The Kier molecular flexibility index (Phi) is 4.82. The molecule has 0 amide bonds. The van der Waals surface area contributed by atoms with Gasteiger partial charge in [0.15, 0.2) is 0 Å². The molecule has 1 fully saturated rings. The van der Waals surface area contributed by atoms with Crippen molar-refractivity contribution in [2.75, 3.05) is 13.1 Å². The van der Waals surface area contributed by atoms with Crippen LogP contribution in [0.2, 0.25) is 0 Å². The minimum absolute atomic E-state index is 0.608. The lowest BCUT2D eigenvalue weighted by atomic mass is 9.88. The highest BCUT2D eigenvalue weighted by molar-refractivity contribution is 9.10. The summed E-state index contributed by atoms with van der Waals surface area (Å²) < 4.78 is 1.19. The summed E-state index contributed by atoms with van der Waals surface area (Å²) in [6.07, 6.45) is 1.32. The lowest BCUT2D eigenvalue weighted by Gasteiger charge is -2.35. The molecule has 1 aromatic carbocycles. The normalized spacial score (nSPS) is 25.3. The van der Waals surface area contributed by atoms with Crippen molar-refractivity contribution in [1.82, 2.24) is 4.90 Å². The molecule has 3 heteroatoms. The molecule has 0 aromatic heterocycles. The lowest BCUT2D eigenvalue weighted by Crippen LogP contribution is -2.37. The van der Waals surface area contributed by atoms with Crippen LogP contribution in [0.1, 0.15) is 31.4 Å². The van der Waals surface area contributed by atoms with E-state index in [4.69, 9.17) is 5.73 Å². The number of likely N-dealkylation sites (tertiary alicyclic amines) is 1. The zero-order valence-electron chi connectivity index (χ0n) is 11.3. The highest BCUT2D eigenvalue weighted by Gasteiger charge is 2.22. The first-order valence-electron chi connectivity index (χ1n) is 6.80. The van der Waals surface area contributed by atoms with Gasteiger partial charge in [0.25, 0.3) is 0 Å². The molecule has 1 heterocycles. The van der Waals surface area contributed by atoms with Gasteiger partial charge in [-0.15, -0.1) is 0 Å². The van der Waals surface area contributed by atoms with Crippen molar-refractivity contribution in [1.29, 1.82) is 0 Å². The summed E-state index contributed by atoms with van der Waals surface area (Å²) in [5.74, 6) is 1.67. The summed E-state index contributed by atoms with van der Waals surface area (Å²) in [6, 6.07) is 6.48. The van der Waals surface area contributed by atoms with Crippen molar-refractivity contribution in [2.24, 2.45) is 17.6 Å². The maximum absolute atomic E-state index is 5.66. The third kappa shape index (κ3) is 3.34. The highest BCUT2D eigenvalue weighted by Crippen LogP contribution is 2.26. The average Bonchev–Trinajstić information content (AvgIpc) is 2.36. The van der Waals surface area contributed by atoms with Gasteiger partial charge in [-0.2, -0.15) is 0 Å². The van der Waals surface area contributed by atoms with Gasteiger partial charge >= 0.3 is 0 Å². The molecule has 1 aliphatic heterocycles. The summed E-state index contributed by atoms with van der Waals surface area (Å²) in [6.45, 7) is 8.82. The molecule has 18 heavy (non-hydrogen) atoms. The van der Waals surface area contributed by atoms with Gasteiger partial charge in [0.2, 0.25) is 0 Å². The Labute approximate surface area is 119 Å². The Hall–Kier alpha value is -0.380. The van der Waals surface area contributed by atoms with Gasteiger partial charge in [0.05, 0.1) is 0 Å². The van der Waals surface area contributed by atoms with E-state index >= 15 is 0 Å². The van der Waals surface area contributed by atoms with Gasteiger partial charge in [0.1, 0.15) is 0 Å². The third-order valence-corrected chi connectivity index (χ3v) is 4.90. The summed E-state index contributed by atoms with van der Waals surface area (Å²) in [4.78, 5) is 2.56. The van der Waals surface area contributed by atoms with Crippen LogP contribution in [0.3, 0.4) is 0 Å². The molecule has 100 valence electrons. The number of hydrogen-bond acceptors (Lipinski definition) is 2. The third-order valence-electron chi connectivity index (χ3n) is 4.17. The molecule has 0 bridgehead atoms. The number of halogens is 1. The van der Waals surface area contributed by atoms with Gasteiger partial charge in [0, 0.05) is 24.1 Å². The average molecular weight is 311 g/mol. The molecule has 2 rings (SSSR count). The minimum atomic E-state index is 0.608. The van der Waals surface area contributed by atoms with E-state index in [0.717, 1.165) is 18.4 Å². The Morgan fingerprint density at radius 3 is 2.72 bits per heavy atom. The first-order valence-corrected chi connectivity index (χ1v) is 7.59. The SMILES string of the molecule is CC1CCN(Cc2ccc(CN)cc2Br)CC1C. The molecule has 0 aliphatic carbocycles. The zero-order valence-corrected chi connectivity index (χ0v) is 12.9. The Bertz CT molecular complexity index is 405. The van der Waals surface area contributed by atoms with Gasteiger partial charge in [-0.3, -0.25) is 4.90 Å². The van der Waals surface area contributed by atoms with Gasteiger partial charge in [-0.25, -0.2) is 0 Å². The standard InChI is InChI=1S/C15H23BrN2/c1-11-5-6-18(9-12(11)2)10-14-4-3-13(8-17)7-15(14)16/h3-4,7,11-12H,5-6,8-10,17H2,1-2H3. The van der Waals surface area contributed by atoms with E-state index in [-0.39, 0.29) is 0 Å². The van der Waals surface area contributed by atoms with Crippen LogP contribution in [0.15, 0.2) is 22.7 Å². The second kappa shape index (κ2) is 6.18. The van der Waals surface area contributed by atoms with Crippen LogP contribution in [0.4, 0.5) is 0 Å². The maximum atomic E-state index is 5.66. The van der Waals surface area contributed by atoms with Gasteiger partial charge in [-0.1, -0.05) is 41.9 Å². The Balaban J connectivity index is 2.01. The van der Waals surface area contributed by atoms with Crippen LogP contribution in [-0.2, 0) is 13.1 Å². The Morgan fingerprint density at radius 2 is 2.11 bits per heavy atom. The monoisotopic (exact) mass is 310 g/mol. The second-order valence-corrected chi connectivity index (χ2v) is 6.46. The number of nitrogens with zero attached hydrogens (tertiary/aromatic N) is 1. The first-order chi connectivity index (χ1) is 8.60. The van der Waals surface area contributed by atoms with Crippen LogP contribution >= 0.6 is 15.9 Å². The van der Waals surface area contributed by atoms with Crippen molar-refractivity contribution in [2.45, 2.75) is 33.4 Å². The smallest absolute Gasteiger partial charge is 0.0245 e. The first kappa shape index (κ1) is 14.0. The maximum Gasteiger partial charge on any atom is 0.0245 e. The number of hydrogen-bond donors (Lipinski definition) is 1. The molecule has 1 aromatic rings. The largest absolute Gasteiger partial charge is 0.326 e. The molecule has 2 atom stereocenters. The van der Waals surface area contributed by atoms with E-state index in [0.29, 0.717) is 6.54 Å². The van der Waals surface area contributed by atoms with E-state index < -0.39 is 0 Å². The molecule has 2 unspecified atom stereocenters.